The number of amides is 1. The highest BCUT2D eigenvalue weighted by Gasteiger charge is 2.29. The lowest BCUT2D eigenvalue weighted by Crippen LogP contribution is -2.44. The molecule has 3 nitrogen and oxygen atoms in total. The van der Waals surface area contributed by atoms with E-state index in [0.29, 0.717) is 5.92 Å². The van der Waals surface area contributed by atoms with Crippen LogP contribution in [-0.2, 0) is 4.79 Å². The van der Waals surface area contributed by atoms with Gasteiger partial charge in [0.05, 0.1) is 0 Å². The SMILES string of the molecule is CC(C)(C)C(=O)N1CCC(CO)CC1. The molecule has 1 fully saturated rings. The van der Waals surface area contributed by atoms with Crippen LogP contribution in [0.2, 0.25) is 0 Å². The van der Waals surface area contributed by atoms with Gasteiger partial charge in [-0.3, -0.25) is 4.79 Å². The van der Waals surface area contributed by atoms with Gasteiger partial charge in [-0.05, 0) is 18.8 Å². The number of carbonyl (C=O) groups is 1. The lowest BCUT2D eigenvalue weighted by Gasteiger charge is -2.35. The maximum absolute atomic E-state index is 11.9. The molecule has 0 unspecified atom stereocenters. The zero-order chi connectivity index (χ0) is 10.8. The molecule has 0 bridgehead atoms. The molecule has 0 atom stereocenters. The second-order valence-corrected chi connectivity index (χ2v) is 5.17. The zero-order valence-corrected chi connectivity index (χ0v) is 9.42. The first-order valence-electron chi connectivity index (χ1n) is 5.35. The average molecular weight is 199 g/mol. The highest BCUT2D eigenvalue weighted by atomic mass is 16.3. The summed E-state index contributed by atoms with van der Waals surface area (Å²) < 4.78 is 0. The Morgan fingerprint density at radius 1 is 1.36 bits per heavy atom. The fourth-order valence-corrected chi connectivity index (χ4v) is 1.79. The van der Waals surface area contributed by atoms with Crippen LogP contribution in [0.15, 0.2) is 0 Å². The van der Waals surface area contributed by atoms with Crippen LogP contribution < -0.4 is 0 Å². The molecule has 1 aliphatic rings. The second kappa shape index (κ2) is 4.30. The minimum absolute atomic E-state index is 0.230. The molecule has 1 rings (SSSR count). The summed E-state index contributed by atoms with van der Waals surface area (Å²) in [5, 5.41) is 8.97. The lowest BCUT2D eigenvalue weighted by atomic mass is 9.91. The van der Waals surface area contributed by atoms with E-state index in [9.17, 15) is 4.79 Å². The Hall–Kier alpha value is -0.570. The standard InChI is InChI=1S/C11H21NO2/c1-11(2,3)10(14)12-6-4-9(8-13)5-7-12/h9,13H,4-8H2,1-3H3. The number of nitrogens with zero attached hydrogens (tertiary/aromatic N) is 1. The number of aliphatic hydroxyl groups is 1. The summed E-state index contributed by atoms with van der Waals surface area (Å²) in [6, 6.07) is 0. The number of piperidine rings is 1. The number of carbonyl (C=O) groups excluding carboxylic acids is 1. The summed E-state index contributed by atoms with van der Waals surface area (Å²) in [6.07, 6.45) is 1.89. The Bertz CT molecular complexity index is 200. The van der Waals surface area contributed by atoms with E-state index in [1.807, 2.05) is 25.7 Å². The van der Waals surface area contributed by atoms with Crippen LogP contribution in [-0.4, -0.2) is 35.6 Å². The molecule has 14 heavy (non-hydrogen) atoms. The van der Waals surface area contributed by atoms with Crippen molar-refractivity contribution in [2.24, 2.45) is 11.3 Å². The molecule has 1 saturated heterocycles. The van der Waals surface area contributed by atoms with E-state index >= 15 is 0 Å². The van der Waals surface area contributed by atoms with Crippen molar-refractivity contribution < 1.29 is 9.90 Å². The van der Waals surface area contributed by atoms with E-state index in [2.05, 4.69) is 0 Å². The van der Waals surface area contributed by atoms with Crippen molar-refractivity contribution in [1.82, 2.24) is 4.90 Å². The van der Waals surface area contributed by atoms with E-state index in [1.165, 1.54) is 0 Å². The Morgan fingerprint density at radius 3 is 2.21 bits per heavy atom. The first kappa shape index (κ1) is 11.5. The minimum Gasteiger partial charge on any atom is -0.396 e. The summed E-state index contributed by atoms with van der Waals surface area (Å²) in [6.45, 7) is 7.73. The van der Waals surface area contributed by atoms with Crippen LogP contribution in [0.25, 0.3) is 0 Å². The smallest absolute Gasteiger partial charge is 0.227 e. The van der Waals surface area contributed by atoms with E-state index in [1.54, 1.807) is 0 Å². The Kier molecular flexibility index (Phi) is 3.53. The summed E-state index contributed by atoms with van der Waals surface area (Å²) in [5.74, 6) is 0.632. The van der Waals surface area contributed by atoms with Crippen LogP contribution >= 0.6 is 0 Å². The van der Waals surface area contributed by atoms with Crippen LogP contribution in [0.4, 0.5) is 0 Å². The van der Waals surface area contributed by atoms with Gasteiger partial charge in [-0.1, -0.05) is 20.8 Å². The molecular formula is C11H21NO2. The maximum Gasteiger partial charge on any atom is 0.227 e. The van der Waals surface area contributed by atoms with Crippen molar-refractivity contribution >= 4 is 5.91 Å². The van der Waals surface area contributed by atoms with Gasteiger partial charge in [-0.15, -0.1) is 0 Å². The van der Waals surface area contributed by atoms with Crippen LogP contribution in [0.3, 0.4) is 0 Å². The Morgan fingerprint density at radius 2 is 1.86 bits per heavy atom. The number of rotatable bonds is 1. The van der Waals surface area contributed by atoms with Gasteiger partial charge < -0.3 is 10.0 Å². The summed E-state index contributed by atoms with van der Waals surface area (Å²) >= 11 is 0. The molecule has 0 spiro atoms. The molecule has 0 aromatic carbocycles. The summed E-state index contributed by atoms with van der Waals surface area (Å²) in [5.41, 5.74) is -0.272. The molecule has 0 aromatic rings. The maximum atomic E-state index is 11.9. The molecule has 1 amide bonds. The van der Waals surface area contributed by atoms with Gasteiger partial charge in [0.25, 0.3) is 0 Å². The third-order valence-electron chi connectivity index (χ3n) is 2.80. The summed E-state index contributed by atoms with van der Waals surface area (Å²) in [4.78, 5) is 13.8. The van der Waals surface area contributed by atoms with Gasteiger partial charge in [-0.25, -0.2) is 0 Å². The first-order chi connectivity index (χ1) is 6.45. The van der Waals surface area contributed by atoms with Crippen molar-refractivity contribution in [2.75, 3.05) is 19.7 Å². The van der Waals surface area contributed by atoms with Crippen molar-refractivity contribution in [3.63, 3.8) is 0 Å². The predicted octanol–water partition coefficient (Wildman–Crippen LogP) is 1.26. The summed E-state index contributed by atoms with van der Waals surface area (Å²) in [7, 11) is 0. The molecule has 0 aliphatic carbocycles. The zero-order valence-electron chi connectivity index (χ0n) is 9.42. The average Bonchev–Trinajstić information content (AvgIpc) is 2.15. The molecule has 82 valence electrons. The Balaban J connectivity index is 2.46. The van der Waals surface area contributed by atoms with E-state index in [4.69, 9.17) is 5.11 Å². The van der Waals surface area contributed by atoms with Gasteiger partial charge >= 0.3 is 0 Å². The third kappa shape index (κ3) is 2.71. The molecule has 3 heteroatoms. The highest BCUT2D eigenvalue weighted by molar-refractivity contribution is 5.81. The van der Waals surface area contributed by atoms with Crippen LogP contribution in [0, 0.1) is 11.3 Å². The number of hydrogen-bond acceptors (Lipinski definition) is 2. The Labute approximate surface area is 86.1 Å². The molecule has 0 radical (unpaired) electrons. The van der Waals surface area contributed by atoms with E-state index in [0.717, 1.165) is 25.9 Å². The molecule has 1 aliphatic heterocycles. The predicted molar refractivity (Wildman–Crippen MR) is 55.8 cm³/mol. The van der Waals surface area contributed by atoms with Crippen LogP contribution in [0.5, 0.6) is 0 Å². The monoisotopic (exact) mass is 199 g/mol. The number of likely N-dealkylation sites (tertiary alicyclic amines) is 1. The number of hydrogen-bond donors (Lipinski definition) is 1. The molecular weight excluding hydrogens is 178 g/mol. The highest BCUT2D eigenvalue weighted by Crippen LogP contribution is 2.22. The van der Waals surface area contributed by atoms with Gasteiger partial charge in [-0.2, -0.15) is 0 Å². The fraction of sp³-hybridized carbons (Fsp3) is 0.909. The lowest BCUT2D eigenvalue weighted by molar-refractivity contribution is -0.141. The van der Waals surface area contributed by atoms with E-state index in [-0.39, 0.29) is 17.9 Å². The molecule has 1 N–H and O–H groups in total. The molecule has 1 heterocycles. The van der Waals surface area contributed by atoms with E-state index < -0.39 is 0 Å². The van der Waals surface area contributed by atoms with Gasteiger partial charge in [0.15, 0.2) is 0 Å². The van der Waals surface area contributed by atoms with Gasteiger partial charge in [0.1, 0.15) is 0 Å². The van der Waals surface area contributed by atoms with Crippen molar-refractivity contribution in [2.45, 2.75) is 33.6 Å². The van der Waals surface area contributed by atoms with Gasteiger partial charge in [0.2, 0.25) is 5.91 Å². The van der Waals surface area contributed by atoms with Crippen LogP contribution in [0.1, 0.15) is 33.6 Å². The van der Waals surface area contributed by atoms with Crippen molar-refractivity contribution in [3.8, 4) is 0 Å². The van der Waals surface area contributed by atoms with Crippen molar-refractivity contribution in [1.29, 1.82) is 0 Å². The molecule has 0 saturated carbocycles. The number of aliphatic hydroxyl groups excluding tert-OH is 1. The first-order valence-corrected chi connectivity index (χ1v) is 5.35. The van der Waals surface area contributed by atoms with Crippen molar-refractivity contribution in [3.05, 3.63) is 0 Å². The second-order valence-electron chi connectivity index (χ2n) is 5.17. The normalized spacial score (nSPS) is 19.9. The minimum atomic E-state index is -0.272. The largest absolute Gasteiger partial charge is 0.396 e. The fourth-order valence-electron chi connectivity index (χ4n) is 1.79. The van der Waals surface area contributed by atoms with Gasteiger partial charge in [0, 0.05) is 25.1 Å². The third-order valence-corrected chi connectivity index (χ3v) is 2.80. The topological polar surface area (TPSA) is 40.5 Å². The molecule has 0 aromatic heterocycles. The quantitative estimate of drug-likeness (QED) is 0.690.